The maximum Gasteiger partial charge on any atom is 0.139 e. The van der Waals surface area contributed by atoms with E-state index in [1.807, 2.05) is 6.92 Å². The summed E-state index contributed by atoms with van der Waals surface area (Å²) in [4.78, 5) is 14.9. The van der Waals surface area contributed by atoms with Crippen molar-refractivity contribution >= 4 is 29.1 Å². The van der Waals surface area contributed by atoms with Gasteiger partial charge >= 0.3 is 0 Å². The molecule has 18 heavy (non-hydrogen) atoms. The Morgan fingerprint density at radius 3 is 2.83 bits per heavy atom. The van der Waals surface area contributed by atoms with Gasteiger partial charge < -0.3 is 15.2 Å². The standard InChI is InChI=1S/C13H11ClN2O2/c1-8-10(14)5-2-6-11(8)16-12-9(13(17)18)4-3-7-15-12/h2-7H,1H3,(H,15,16)(H,17,18)/p-1. The van der Waals surface area contributed by atoms with E-state index in [1.165, 1.54) is 12.3 Å². The maximum absolute atomic E-state index is 10.9. The average Bonchev–Trinajstić information content (AvgIpc) is 2.35. The van der Waals surface area contributed by atoms with Gasteiger partial charge in [-0.1, -0.05) is 17.7 Å². The van der Waals surface area contributed by atoms with Gasteiger partial charge in [0.2, 0.25) is 0 Å². The monoisotopic (exact) mass is 261 g/mol. The first-order valence-electron chi connectivity index (χ1n) is 5.28. The molecule has 2 aromatic rings. The molecule has 0 radical (unpaired) electrons. The lowest BCUT2D eigenvalue weighted by atomic mass is 10.2. The molecule has 0 saturated heterocycles. The smallest absolute Gasteiger partial charge is 0.139 e. The molecule has 0 aliphatic heterocycles. The van der Waals surface area contributed by atoms with Crippen LogP contribution in [-0.4, -0.2) is 11.0 Å². The Labute approximate surface area is 109 Å². The number of anilines is 2. The predicted molar refractivity (Wildman–Crippen MR) is 68.0 cm³/mol. The highest BCUT2D eigenvalue weighted by molar-refractivity contribution is 6.31. The van der Waals surface area contributed by atoms with Crippen LogP contribution in [0.4, 0.5) is 11.5 Å². The largest absolute Gasteiger partial charge is 0.545 e. The van der Waals surface area contributed by atoms with Gasteiger partial charge in [0.25, 0.3) is 0 Å². The zero-order valence-corrected chi connectivity index (χ0v) is 10.4. The molecule has 5 heteroatoms. The van der Waals surface area contributed by atoms with Gasteiger partial charge in [-0.25, -0.2) is 4.98 Å². The summed E-state index contributed by atoms with van der Waals surface area (Å²) in [6, 6.07) is 8.32. The fourth-order valence-corrected chi connectivity index (χ4v) is 1.71. The van der Waals surface area contributed by atoms with E-state index in [0.29, 0.717) is 10.7 Å². The Bertz CT molecular complexity index is 599. The topological polar surface area (TPSA) is 65.0 Å². The molecule has 0 aliphatic carbocycles. The number of nitrogens with zero attached hydrogens (tertiary/aromatic N) is 1. The third kappa shape index (κ3) is 2.43. The SMILES string of the molecule is Cc1c(Cl)cccc1Nc1ncccc1C(=O)[O-]. The Balaban J connectivity index is 2.40. The highest BCUT2D eigenvalue weighted by Gasteiger charge is 2.07. The Morgan fingerprint density at radius 1 is 1.33 bits per heavy atom. The van der Waals surface area contributed by atoms with Crippen LogP contribution in [-0.2, 0) is 0 Å². The van der Waals surface area contributed by atoms with Gasteiger partial charge in [0.05, 0.1) is 5.97 Å². The average molecular weight is 262 g/mol. The van der Waals surface area contributed by atoms with Gasteiger partial charge in [-0.2, -0.15) is 0 Å². The Kier molecular flexibility index (Phi) is 3.48. The predicted octanol–water partition coefficient (Wildman–Crippen LogP) is 2.15. The molecule has 1 aromatic heterocycles. The molecule has 0 atom stereocenters. The molecule has 0 saturated carbocycles. The van der Waals surface area contributed by atoms with E-state index in [4.69, 9.17) is 11.6 Å². The number of carbonyl (C=O) groups is 1. The number of benzene rings is 1. The van der Waals surface area contributed by atoms with E-state index in [-0.39, 0.29) is 11.4 Å². The van der Waals surface area contributed by atoms with Gasteiger partial charge in [-0.05, 0) is 36.8 Å². The fraction of sp³-hybridized carbons (Fsp3) is 0.0769. The van der Waals surface area contributed by atoms with Gasteiger partial charge in [0.15, 0.2) is 0 Å². The number of aromatic carboxylic acids is 1. The van der Waals surface area contributed by atoms with Crippen molar-refractivity contribution in [2.75, 3.05) is 5.32 Å². The number of hydrogen-bond acceptors (Lipinski definition) is 4. The number of carboxylic acid groups (broad SMARTS) is 1. The minimum Gasteiger partial charge on any atom is -0.545 e. The molecule has 1 aromatic carbocycles. The van der Waals surface area contributed by atoms with Crippen LogP contribution < -0.4 is 10.4 Å². The van der Waals surface area contributed by atoms with E-state index >= 15 is 0 Å². The zero-order chi connectivity index (χ0) is 13.1. The number of halogens is 1. The van der Waals surface area contributed by atoms with Crippen LogP contribution in [0.2, 0.25) is 5.02 Å². The summed E-state index contributed by atoms with van der Waals surface area (Å²) in [7, 11) is 0. The number of pyridine rings is 1. The minimum absolute atomic E-state index is 0.0110. The van der Waals surface area contributed by atoms with Crippen molar-refractivity contribution in [3.8, 4) is 0 Å². The molecule has 0 fully saturated rings. The molecule has 0 unspecified atom stereocenters. The molecule has 2 rings (SSSR count). The number of aromatic nitrogens is 1. The minimum atomic E-state index is -1.27. The van der Waals surface area contributed by atoms with Crippen LogP contribution in [0.25, 0.3) is 0 Å². The normalized spacial score (nSPS) is 10.1. The van der Waals surface area contributed by atoms with Gasteiger partial charge in [0, 0.05) is 22.5 Å². The molecular formula is C13H10ClN2O2-. The van der Waals surface area contributed by atoms with Crippen LogP contribution in [0.3, 0.4) is 0 Å². The quantitative estimate of drug-likeness (QED) is 0.919. The number of carbonyl (C=O) groups excluding carboxylic acids is 1. The van der Waals surface area contributed by atoms with Gasteiger partial charge in [0.1, 0.15) is 5.82 Å². The Morgan fingerprint density at radius 2 is 2.11 bits per heavy atom. The molecule has 0 aliphatic rings. The Hall–Kier alpha value is -2.07. The summed E-state index contributed by atoms with van der Waals surface area (Å²) < 4.78 is 0. The molecule has 4 nitrogen and oxygen atoms in total. The van der Waals surface area contributed by atoms with Crippen molar-refractivity contribution in [2.45, 2.75) is 6.92 Å². The summed E-state index contributed by atoms with van der Waals surface area (Å²) in [6.07, 6.45) is 1.51. The van der Waals surface area contributed by atoms with Crippen molar-refractivity contribution in [1.82, 2.24) is 4.98 Å². The molecule has 0 spiro atoms. The summed E-state index contributed by atoms with van der Waals surface area (Å²) in [6.45, 7) is 1.84. The third-order valence-electron chi connectivity index (χ3n) is 2.55. The second kappa shape index (κ2) is 5.06. The van der Waals surface area contributed by atoms with Gasteiger partial charge in [-0.3, -0.25) is 0 Å². The first kappa shape index (κ1) is 12.4. The molecule has 0 bridgehead atoms. The van der Waals surface area contributed by atoms with E-state index in [1.54, 1.807) is 24.3 Å². The fourth-order valence-electron chi connectivity index (χ4n) is 1.54. The van der Waals surface area contributed by atoms with Crippen molar-refractivity contribution in [2.24, 2.45) is 0 Å². The lowest BCUT2D eigenvalue weighted by Crippen LogP contribution is -2.23. The molecule has 0 amide bonds. The molecule has 1 heterocycles. The summed E-state index contributed by atoms with van der Waals surface area (Å²) in [5, 5.41) is 14.5. The van der Waals surface area contributed by atoms with E-state index in [0.717, 1.165) is 5.56 Å². The third-order valence-corrected chi connectivity index (χ3v) is 2.96. The summed E-state index contributed by atoms with van der Waals surface area (Å²) in [5.41, 5.74) is 1.55. The number of carboxylic acids is 1. The van der Waals surface area contributed by atoms with Crippen molar-refractivity contribution in [3.05, 3.63) is 52.7 Å². The van der Waals surface area contributed by atoms with E-state index in [2.05, 4.69) is 10.3 Å². The van der Waals surface area contributed by atoms with Crippen LogP contribution >= 0.6 is 11.6 Å². The number of rotatable bonds is 3. The maximum atomic E-state index is 10.9. The van der Waals surface area contributed by atoms with E-state index in [9.17, 15) is 9.90 Å². The number of nitrogens with one attached hydrogen (secondary N) is 1. The zero-order valence-electron chi connectivity index (χ0n) is 9.61. The highest BCUT2D eigenvalue weighted by atomic mass is 35.5. The second-order valence-electron chi connectivity index (χ2n) is 3.72. The lowest BCUT2D eigenvalue weighted by molar-refractivity contribution is -0.254. The van der Waals surface area contributed by atoms with Crippen LogP contribution in [0.15, 0.2) is 36.5 Å². The summed E-state index contributed by atoms with van der Waals surface area (Å²) >= 11 is 5.99. The van der Waals surface area contributed by atoms with E-state index < -0.39 is 5.97 Å². The van der Waals surface area contributed by atoms with Crippen molar-refractivity contribution < 1.29 is 9.90 Å². The van der Waals surface area contributed by atoms with Gasteiger partial charge in [-0.15, -0.1) is 0 Å². The molecule has 1 N–H and O–H groups in total. The van der Waals surface area contributed by atoms with Crippen LogP contribution in [0.5, 0.6) is 0 Å². The first-order valence-corrected chi connectivity index (χ1v) is 5.66. The lowest BCUT2D eigenvalue weighted by Gasteiger charge is -2.13. The first-order chi connectivity index (χ1) is 8.59. The van der Waals surface area contributed by atoms with Crippen molar-refractivity contribution in [1.29, 1.82) is 0 Å². The van der Waals surface area contributed by atoms with Crippen LogP contribution in [0, 0.1) is 6.92 Å². The highest BCUT2D eigenvalue weighted by Crippen LogP contribution is 2.26. The van der Waals surface area contributed by atoms with Crippen LogP contribution in [0.1, 0.15) is 15.9 Å². The van der Waals surface area contributed by atoms with Crippen molar-refractivity contribution in [3.63, 3.8) is 0 Å². The number of hydrogen-bond donors (Lipinski definition) is 1. The molecular weight excluding hydrogens is 252 g/mol. The summed E-state index contributed by atoms with van der Waals surface area (Å²) in [5.74, 6) is -1.03. The molecule has 92 valence electrons. The second-order valence-corrected chi connectivity index (χ2v) is 4.13.